The van der Waals surface area contributed by atoms with Gasteiger partial charge < -0.3 is 5.32 Å². The molecule has 16 heavy (non-hydrogen) atoms. The summed E-state index contributed by atoms with van der Waals surface area (Å²) in [6.07, 6.45) is -1.56. The van der Waals surface area contributed by atoms with Crippen molar-refractivity contribution in [1.29, 1.82) is 0 Å². The lowest BCUT2D eigenvalue weighted by Gasteiger charge is -2.29. The Bertz CT molecular complexity index is 262. The first kappa shape index (κ1) is 13.1. The second kappa shape index (κ2) is 5.37. The predicted molar refractivity (Wildman–Crippen MR) is 54.7 cm³/mol. The van der Waals surface area contributed by atoms with Gasteiger partial charge in [0.1, 0.15) is 0 Å². The summed E-state index contributed by atoms with van der Waals surface area (Å²) >= 11 is 0. The third-order valence-electron chi connectivity index (χ3n) is 2.93. The highest BCUT2D eigenvalue weighted by Gasteiger charge is 2.43. The summed E-state index contributed by atoms with van der Waals surface area (Å²) in [5, 5.41) is 2.55. The maximum absolute atomic E-state index is 12.5. The van der Waals surface area contributed by atoms with Crippen molar-refractivity contribution < 1.29 is 18.0 Å². The van der Waals surface area contributed by atoms with Crippen LogP contribution in [0, 0.1) is 11.8 Å². The number of hydrogen-bond donors (Lipinski definition) is 1. The highest BCUT2D eigenvalue weighted by atomic mass is 19.4. The fourth-order valence-corrected chi connectivity index (χ4v) is 2.04. The van der Waals surface area contributed by atoms with Crippen molar-refractivity contribution in [2.45, 2.75) is 31.9 Å². The molecule has 1 saturated carbocycles. The van der Waals surface area contributed by atoms with Crippen molar-refractivity contribution in [3.8, 4) is 0 Å². The Kier molecular flexibility index (Phi) is 4.38. The molecule has 1 fully saturated rings. The van der Waals surface area contributed by atoms with E-state index in [0.29, 0.717) is 19.4 Å². The van der Waals surface area contributed by atoms with Crippen molar-refractivity contribution in [2.24, 2.45) is 11.8 Å². The fourth-order valence-electron chi connectivity index (χ4n) is 2.04. The van der Waals surface area contributed by atoms with E-state index >= 15 is 0 Å². The number of nitrogens with one attached hydrogen (secondary N) is 1. The summed E-state index contributed by atoms with van der Waals surface area (Å²) in [5.74, 6) is -2.10. The Morgan fingerprint density at radius 3 is 2.69 bits per heavy atom. The van der Waals surface area contributed by atoms with E-state index in [1.54, 1.807) is 0 Å². The summed E-state index contributed by atoms with van der Waals surface area (Å²) in [6.45, 7) is 3.75. The van der Waals surface area contributed by atoms with E-state index in [9.17, 15) is 18.0 Å². The number of amides is 1. The number of halogens is 3. The first-order valence-electron chi connectivity index (χ1n) is 5.40. The average Bonchev–Trinajstić information content (AvgIpc) is 2.25. The molecule has 1 amide bonds. The normalized spacial score (nSPS) is 26.2. The van der Waals surface area contributed by atoms with Crippen LogP contribution in [0.25, 0.3) is 0 Å². The zero-order valence-electron chi connectivity index (χ0n) is 9.02. The van der Waals surface area contributed by atoms with E-state index in [-0.39, 0.29) is 18.7 Å². The lowest BCUT2D eigenvalue weighted by atomic mass is 9.80. The van der Waals surface area contributed by atoms with Crippen LogP contribution in [-0.2, 0) is 4.79 Å². The molecule has 92 valence electrons. The van der Waals surface area contributed by atoms with Crippen LogP contribution in [0.5, 0.6) is 0 Å². The third kappa shape index (κ3) is 3.54. The molecule has 1 N–H and O–H groups in total. The van der Waals surface area contributed by atoms with Gasteiger partial charge in [-0.25, -0.2) is 0 Å². The van der Waals surface area contributed by atoms with Gasteiger partial charge in [0.05, 0.1) is 5.92 Å². The molecule has 0 aromatic carbocycles. The molecule has 0 aromatic heterocycles. The van der Waals surface area contributed by atoms with Gasteiger partial charge in [0.15, 0.2) is 0 Å². The first-order chi connectivity index (χ1) is 7.45. The minimum absolute atomic E-state index is 0.0769. The van der Waals surface area contributed by atoms with Gasteiger partial charge >= 0.3 is 6.18 Å². The van der Waals surface area contributed by atoms with Gasteiger partial charge in [0, 0.05) is 12.5 Å². The van der Waals surface area contributed by atoms with E-state index < -0.39 is 18.0 Å². The lowest BCUT2D eigenvalue weighted by molar-refractivity contribution is -0.186. The molecule has 1 rings (SSSR count). The third-order valence-corrected chi connectivity index (χ3v) is 2.93. The molecule has 1 aliphatic rings. The van der Waals surface area contributed by atoms with Crippen LogP contribution in [0.4, 0.5) is 13.2 Å². The Hall–Kier alpha value is -1.00. The highest BCUT2D eigenvalue weighted by molar-refractivity contribution is 5.78. The van der Waals surface area contributed by atoms with Crippen LogP contribution in [0.3, 0.4) is 0 Å². The Morgan fingerprint density at radius 1 is 1.44 bits per heavy atom. The smallest absolute Gasteiger partial charge is 0.352 e. The van der Waals surface area contributed by atoms with Crippen molar-refractivity contribution >= 4 is 5.91 Å². The summed E-state index contributed by atoms with van der Waals surface area (Å²) < 4.78 is 37.4. The van der Waals surface area contributed by atoms with Gasteiger partial charge in [0.2, 0.25) is 5.91 Å². The zero-order chi connectivity index (χ0) is 12.2. The van der Waals surface area contributed by atoms with E-state index in [2.05, 4.69) is 11.9 Å². The van der Waals surface area contributed by atoms with E-state index in [1.165, 1.54) is 6.08 Å². The lowest BCUT2D eigenvalue weighted by Crippen LogP contribution is -2.37. The molecule has 5 heteroatoms. The summed E-state index contributed by atoms with van der Waals surface area (Å²) in [6, 6.07) is 0. The number of carbonyl (C=O) groups excluding carboxylic acids is 1. The summed E-state index contributed by atoms with van der Waals surface area (Å²) in [7, 11) is 0. The van der Waals surface area contributed by atoms with Gasteiger partial charge in [-0.2, -0.15) is 13.2 Å². The maximum atomic E-state index is 12.5. The standard InChI is InChI=1S/C11H16F3NO/c1-2-6-15-10(16)8-4-3-5-9(7-8)11(12,13)14/h2,8-9H,1,3-7H2,(H,15,16). The number of alkyl halides is 3. The van der Waals surface area contributed by atoms with Crippen molar-refractivity contribution in [3.05, 3.63) is 12.7 Å². The molecule has 1 aliphatic carbocycles. The van der Waals surface area contributed by atoms with Crippen LogP contribution >= 0.6 is 0 Å². The van der Waals surface area contributed by atoms with Crippen LogP contribution in [0.2, 0.25) is 0 Å². The Labute approximate surface area is 92.9 Å². The van der Waals surface area contributed by atoms with Crippen LogP contribution < -0.4 is 5.32 Å². The van der Waals surface area contributed by atoms with E-state index in [4.69, 9.17) is 0 Å². The molecule has 0 aliphatic heterocycles. The fraction of sp³-hybridized carbons (Fsp3) is 0.727. The zero-order valence-corrected chi connectivity index (χ0v) is 9.02. The summed E-state index contributed by atoms with van der Waals surface area (Å²) in [5.41, 5.74) is 0. The van der Waals surface area contributed by atoms with Crippen molar-refractivity contribution in [3.63, 3.8) is 0 Å². The first-order valence-corrected chi connectivity index (χ1v) is 5.40. The van der Waals surface area contributed by atoms with Crippen molar-refractivity contribution in [1.82, 2.24) is 5.32 Å². The van der Waals surface area contributed by atoms with Gasteiger partial charge in [0.25, 0.3) is 0 Å². The van der Waals surface area contributed by atoms with Gasteiger partial charge in [-0.05, 0) is 19.3 Å². The molecule has 2 unspecified atom stereocenters. The minimum Gasteiger partial charge on any atom is -0.352 e. The monoisotopic (exact) mass is 235 g/mol. The molecular formula is C11H16F3NO. The average molecular weight is 235 g/mol. The molecular weight excluding hydrogens is 219 g/mol. The molecule has 0 radical (unpaired) electrons. The minimum atomic E-state index is -4.17. The molecule has 2 nitrogen and oxygen atoms in total. The molecule has 0 heterocycles. The highest BCUT2D eigenvalue weighted by Crippen LogP contribution is 2.39. The topological polar surface area (TPSA) is 29.1 Å². The van der Waals surface area contributed by atoms with E-state index in [1.807, 2.05) is 0 Å². The largest absolute Gasteiger partial charge is 0.391 e. The second-order valence-electron chi connectivity index (χ2n) is 4.14. The SMILES string of the molecule is C=CCNC(=O)C1CCCC(C(F)(F)F)C1. The van der Waals surface area contributed by atoms with Gasteiger partial charge in [-0.15, -0.1) is 6.58 Å². The van der Waals surface area contributed by atoms with Gasteiger partial charge in [-0.1, -0.05) is 12.5 Å². The number of carbonyl (C=O) groups is 1. The Morgan fingerprint density at radius 2 is 2.12 bits per heavy atom. The molecule has 2 atom stereocenters. The quantitative estimate of drug-likeness (QED) is 0.749. The van der Waals surface area contributed by atoms with Gasteiger partial charge in [-0.3, -0.25) is 4.79 Å². The van der Waals surface area contributed by atoms with E-state index in [0.717, 1.165) is 0 Å². The van der Waals surface area contributed by atoms with Crippen LogP contribution in [-0.4, -0.2) is 18.6 Å². The Balaban J connectivity index is 2.50. The van der Waals surface area contributed by atoms with Crippen LogP contribution in [0.15, 0.2) is 12.7 Å². The summed E-state index contributed by atoms with van der Waals surface area (Å²) in [4.78, 5) is 11.5. The molecule has 0 saturated heterocycles. The van der Waals surface area contributed by atoms with Crippen molar-refractivity contribution in [2.75, 3.05) is 6.54 Å². The van der Waals surface area contributed by atoms with Crippen LogP contribution in [0.1, 0.15) is 25.7 Å². The molecule has 0 aromatic rings. The molecule has 0 spiro atoms. The number of hydrogen-bond acceptors (Lipinski definition) is 1. The molecule has 0 bridgehead atoms. The number of rotatable bonds is 3. The second-order valence-corrected chi connectivity index (χ2v) is 4.14. The predicted octanol–water partition coefficient (Wildman–Crippen LogP) is 2.66. The maximum Gasteiger partial charge on any atom is 0.391 e.